The van der Waals surface area contributed by atoms with Crippen LogP contribution in [0.5, 0.6) is 0 Å². The summed E-state index contributed by atoms with van der Waals surface area (Å²) in [6.45, 7) is 6.03. The molecular weight excluding hydrogens is 314 g/mol. The monoisotopic (exact) mass is 339 g/mol. The highest BCUT2D eigenvalue weighted by atomic mass is 16.5. The van der Waals surface area contributed by atoms with Crippen molar-refractivity contribution in [1.82, 2.24) is 5.32 Å². The lowest BCUT2D eigenvalue weighted by atomic mass is 9.96. The molecule has 0 aromatic heterocycles. The first-order valence-electron chi connectivity index (χ1n) is 8.44. The first kappa shape index (κ1) is 18.7. The van der Waals surface area contributed by atoms with Crippen molar-refractivity contribution in [3.63, 3.8) is 0 Å². The summed E-state index contributed by atoms with van der Waals surface area (Å²) >= 11 is 0. The van der Waals surface area contributed by atoms with Crippen molar-refractivity contribution in [3.8, 4) is 11.1 Å². The fraction of sp³-hybridized carbons (Fsp3) is 0.333. The van der Waals surface area contributed by atoms with Gasteiger partial charge in [-0.1, -0.05) is 75.4 Å². The van der Waals surface area contributed by atoms with E-state index in [2.05, 4.69) is 17.4 Å². The van der Waals surface area contributed by atoms with E-state index in [9.17, 15) is 9.59 Å². The number of nitrogens with one attached hydrogen (secondary N) is 1. The van der Waals surface area contributed by atoms with E-state index in [0.29, 0.717) is 6.54 Å². The van der Waals surface area contributed by atoms with Crippen molar-refractivity contribution < 1.29 is 14.3 Å². The molecule has 0 aliphatic carbocycles. The molecule has 0 saturated heterocycles. The van der Waals surface area contributed by atoms with Gasteiger partial charge in [0.2, 0.25) is 5.91 Å². The van der Waals surface area contributed by atoms with E-state index < -0.39 is 5.41 Å². The van der Waals surface area contributed by atoms with Crippen molar-refractivity contribution >= 4 is 11.9 Å². The zero-order valence-electron chi connectivity index (χ0n) is 15.0. The molecule has 0 saturated carbocycles. The fourth-order valence-corrected chi connectivity index (χ4v) is 2.20. The van der Waals surface area contributed by atoms with Crippen molar-refractivity contribution in [2.45, 2.75) is 33.8 Å². The van der Waals surface area contributed by atoms with Crippen LogP contribution in [0.15, 0.2) is 54.6 Å². The molecule has 1 amide bonds. The molecule has 4 heteroatoms. The van der Waals surface area contributed by atoms with Gasteiger partial charge in [-0.25, -0.2) is 0 Å². The Balaban J connectivity index is 1.76. The predicted molar refractivity (Wildman–Crippen MR) is 98.8 cm³/mol. The highest BCUT2D eigenvalue weighted by molar-refractivity contribution is 5.81. The van der Waals surface area contributed by atoms with Crippen LogP contribution in [-0.2, 0) is 20.9 Å². The van der Waals surface area contributed by atoms with Crippen LogP contribution >= 0.6 is 0 Å². The Hall–Kier alpha value is -2.62. The van der Waals surface area contributed by atoms with E-state index in [1.165, 1.54) is 0 Å². The molecule has 2 rings (SSSR count). The number of benzene rings is 2. The molecule has 2 aromatic rings. The maximum Gasteiger partial charge on any atom is 0.307 e. The Morgan fingerprint density at radius 2 is 1.52 bits per heavy atom. The first-order chi connectivity index (χ1) is 11.9. The molecule has 0 bridgehead atoms. The lowest BCUT2D eigenvalue weighted by Crippen LogP contribution is -2.36. The Kier molecular flexibility index (Phi) is 6.34. The van der Waals surface area contributed by atoms with Gasteiger partial charge in [-0.15, -0.1) is 0 Å². The van der Waals surface area contributed by atoms with E-state index in [4.69, 9.17) is 4.74 Å². The van der Waals surface area contributed by atoms with Gasteiger partial charge >= 0.3 is 5.97 Å². The normalized spacial score (nSPS) is 11.0. The summed E-state index contributed by atoms with van der Waals surface area (Å²) in [5.74, 6) is -0.391. The molecule has 1 N–H and O–H groups in total. The van der Waals surface area contributed by atoms with Gasteiger partial charge in [0.25, 0.3) is 0 Å². The second-order valence-electron chi connectivity index (χ2n) is 6.98. The summed E-state index contributed by atoms with van der Waals surface area (Å²) in [4.78, 5) is 23.5. The van der Waals surface area contributed by atoms with Crippen molar-refractivity contribution in [2.24, 2.45) is 5.41 Å². The van der Waals surface area contributed by atoms with E-state index in [1.54, 1.807) is 0 Å². The van der Waals surface area contributed by atoms with Crippen LogP contribution in [0.25, 0.3) is 11.1 Å². The molecule has 0 unspecified atom stereocenters. The molecule has 0 aliphatic heterocycles. The number of rotatable bonds is 6. The second kappa shape index (κ2) is 8.47. The fourth-order valence-electron chi connectivity index (χ4n) is 2.20. The Morgan fingerprint density at radius 3 is 2.12 bits per heavy atom. The van der Waals surface area contributed by atoms with Gasteiger partial charge in [0.15, 0.2) is 0 Å². The molecule has 25 heavy (non-hydrogen) atoms. The second-order valence-corrected chi connectivity index (χ2v) is 6.98. The van der Waals surface area contributed by atoms with Crippen LogP contribution in [0.3, 0.4) is 0 Å². The maximum absolute atomic E-state index is 11.8. The molecule has 0 spiro atoms. The number of amides is 1. The predicted octanol–water partition coefficient (Wildman–Crippen LogP) is 3.95. The van der Waals surface area contributed by atoms with Crippen LogP contribution in [0.2, 0.25) is 0 Å². The number of carbonyl (C=O) groups is 2. The van der Waals surface area contributed by atoms with Crippen molar-refractivity contribution in [3.05, 3.63) is 60.2 Å². The molecule has 2 aromatic carbocycles. The SMILES string of the molecule is CC(C)(C)C(=O)NCCC(=O)OCc1ccc(-c2ccccc2)cc1. The summed E-state index contributed by atoms with van der Waals surface area (Å²) in [5.41, 5.74) is 2.76. The minimum atomic E-state index is -0.454. The molecular formula is C21H25NO3. The quantitative estimate of drug-likeness (QED) is 0.811. The number of hydrogen-bond donors (Lipinski definition) is 1. The van der Waals surface area contributed by atoms with Crippen LogP contribution in [0, 0.1) is 5.41 Å². The summed E-state index contributed by atoms with van der Waals surface area (Å²) in [5, 5.41) is 2.74. The van der Waals surface area contributed by atoms with Crippen LogP contribution in [0.4, 0.5) is 0 Å². The Morgan fingerprint density at radius 1 is 0.920 bits per heavy atom. The molecule has 0 radical (unpaired) electrons. The third-order valence-electron chi connectivity index (χ3n) is 3.76. The van der Waals surface area contributed by atoms with Crippen molar-refractivity contribution in [1.29, 1.82) is 0 Å². The molecule has 0 atom stereocenters. The van der Waals surface area contributed by atoms with Crippen LogP contribution in [0.1, 0.15) is 32.8 Å². The standard InChI is InChI=1S/C21H25NO3/c1-21(2,3)20(24)22-14-13-19(23)25-15-16-9-11-18(12-10-16)17-7-5-4-6-8-17/h4-12H,13-15H2,1-3H3,(H,22,24). The third-order valence-corrected chi connectivity index (χ3v) is 3.76. The average molecular weight is 339 g/mol. The molecule has 0 fully saturated rings. The Bertz CT molecular complexity index is 700. The van der Waals surface area contributed by atoms with Gasteiger partial charge in [0, 0.05) is 12.0 Å². The van der Waals surface area contributed by atoms with Gasteiger partial charge in [-0.3, -0.25) is 9.59 Å². The molecule has 4 nitrogen and oxygen atoms in total. The smallest absolute Gasteiger partial charge is 0.307 e. The number of esters is 1. The van der Waals surface area contributed by atoms with Crippen LogP contribution < -0.4 is 5.32 Å². The lowest BCUT2D eigenvalue weighted by molar-refractivity contribution is -0.144. The highest BCUT2D eigenvalue weighted by Gasteiger charge is 2.20. The van der Waals surface area contributed by atoms with Gasteiger partial charge in [-0.2, -0.15) is 0 Å². The van der Waals surface area contributed by atoms with Gasteiger partial charge in [0.1, 0.15) is 6.61 Å². The highest BCUT2D eigenvalue weighted by Crippen LogP contribution is 2.19. The Labute approximate surface area is 149 Å². The minimum absolute atomic E-state index is 0.0724. The summed E-state index contributed by atoms with van der Waals surface area (Å²) in [6, 6.07) is 18.0. The van der Waals surface area contributed by atoms with E-state index >= 15 is 0 Å². The zero-order valence-corrected chi connectivity index (χ0v) is 15.0. The van der Waals surface area contributed by atoms with E-state index in [-0.39, 0.29) is 24.9 Å². The van der Waals surface area contributed by atoms with Crippen LogP contribution in [-0.4, -0.2) is 18.4 Å². The van der Waals surface area contributed by atoms with Gasteiger partial charge in [0.05, 0.1) is 6.42 Å². The zero-order chi connectivity index (χ0) is 18.3. The van der Waals surface area contributed by atoms with Gasteiger partial charge < -0.3 is 10.1 Å². The summed E-state index contributed by atoms with van der Waals surface area (Å²) in [6.07, 6.45) is 0.171. The lowest BCUT2D eigenvalue weighted by Gasteiger charge is -2.17. The molecule has 0 aliphatic rings. The van der Waals surface area contributed by atoms with E-state index in [0.717, 1.165) is 16.7 Å². The topological polar surface area (TPSA) is 55.4 Å². The molecule has 132 valence electrons. The third kappa shape index (κ3) is 6.07. The van der Waals surface area contributed by atoms with Crippen molar-refractivity contribution in [2.75, 3.05) is 6.54 Å². The largest absolute Gasteiger partial charge is 0.461 e. The molecule has 0 heterocycles. The average Bonchev–Trinajstić information content (AvgIpc) is 2.60. The number of hydrogen-bond acceptors (Lipinski definition) is 3. The maximum atomic E-state index is 11.8. The number of carbonyl (C=O) groups excluding carboxylic acids is 2. The summed E-state index contributed by atoms with van der Waals surface area (Å²) < 4.78 is 5.25. The van der Waals surface area contributed by atoms with E-state index in [1.807, 2.05) is 63.2 Å². The number of ether oxygens (including phenoxy) is 1. The first-order valence-corrected chi connectivity index (χ1v) is 8.44. The minimum Gasteiger partial charge on any atom is -0.461 e. The summed E-state index contributed by atoms with van der Waals surface area (Å²) in [7, 11) is 0. The van der Waals surface area contributed by atoms with Gasteiger partial charge in [-0.05, 0) is 16.7 Å².